The van der Waals surface area contributed by atoms with Crippen LogP contribution in [0.1, 0.15) is 0 Å². The lowest BCUT2D eigenvalue weighted by Crippen LogP contribution is -2.09. The Morgan fingerprint density at radius 3 is 2.63 bits per heavy atom. The standard InChI is InChI=1S/C12H10BrClN2O3/c1-18-9-4-6(3-8(14)10(9)19-2)11-15-5-7(13)12(17)16-11/h3-5H,1-2H3,(H,15,16,17). The minimum atomic E-state index is -0.268. The Bertz CT molecular complexity index is 673. The molecule has 2 aromatic rings. The fraction of sp³-hybridized carbons (Fsp3) is 0.167. The second-order valence-electron chi connectivity index (χ2n) is 3.60. The molecule has 1 aromatic heterocycles. The molecular formula is C12H10BrClN2O3. The molecule has 0 saturated carbocycles. The summed E-state index contributed by atoms with van der Waals surface area (Å²) in [4.78, 5) is 18.3. The van der Waals surface area contributed by atoms with Crippen LogP contribution >= 0.6 is 27.5 Å². The number of halogens is 2. The van der Waals surface area contributed by atoms with E-state index in [1.54, 1.807) is 12.1 Å². The Labute approximate surface area is 122 Å². The van der Waals surface area contributed by atoms with E-state index >= 15 is 0 Å². The number of aromatic amines is 1. The van der Waals surface area contributed by atoms with E-state index in [4.69, 9.17) is 21.1 Å². The molecule has 1 aromatic carbocycles. The smallest absolute Gasteiger partial charge is 0.265 e. The number of rotatable bonds is 3. The van der Waals surface area contributed by atoms with E-state index in [0.29, 0.717) is 32.4 Å². The highest BCUT2D eigenvalue weighted by Gasteiger charge is 2.13. The molecule has 7 heteroatoms. The molecule has 0 amide bonds. The molecule has 0 aliphatic carbocycles. The molecule has 0 spiro atoms. The van der Waals surface area contributed by atoms with E-state index in [-0.39, 0.29) is 5.56 Å². The zero-order valence-electron chi connectivity index (χ0n) is 10.2. The van der Waals surface area contributed by atoms with Crippen molar-refractivity contribution in [2.24, 2.45) is 0 Å². The van der Waals surface area contributed by atoms with Crippen LogP contribution in [0, 0.1) is 0 Å². The molecule has 0 aliphatic heterocycles. The van der Waals surface area contributed by atoms with Crippen LogP contribution in [-0.4, -0.2) is 24.2 Å². The Balaban J connectivity index is 2.59. The Morgan fingerprint density at radius 2 is 2.05 bits per heavy atom. The van der Waals surface area contributed by atoms with Gasteiger partial charge in [0.2, 0.25) is 0 Å². The summed E-state index contributed by atoms with van der Waals surface area (Å²) in [6, 6.07) is 3.34. The fourth-order valence-corrected chi connectivity index (χ4v) is 2.07. The van der Waals surface area contributed by atoms with Crippen molar-refractivity contribution >= 4 is 27.5 Å². The first-order chi connectivity index (χ1) is 9.06. The zero-order chi connectivity index (χ0) is 14.0. The summed E-state index contributed by atoms with van der Waals surface area (Å²) < 4.78 is 10.7. The van der Waals surface area contributed by atoms with Crippen molar-refractivity contribution in [1.29, 1.82) is 0 Å². The van der Waals surface area contributed by atoms with Crippen molar-refractivity contribution < 1.29 is 9.47 Å². The van der Waals surface area contributed by atoms with Crippen LogP contribution in [-0.2, 0) is 0 Å². The maximum absolute atomic E-state index is 11.5. The third-order valence-corrected chi connectivity index (χ3v) is 3.31. The lowest BCUT2D eigenvalue weighted by molar-refractivity contribution is 0.355. The Kier molecular flexibility index (Phi) is 4.11. The summed E-state index contributed by atoms with van der Waals surface area (Å²) in [7, 11) is 3.01. The molecule has 100 valence electrons. The number of ether oxygens (including phenoxy) is 2. The topological polar surface area (TPSA) is 64.2 Å². The van der Waals surface area contributed by atoms with E-state index in [1.165, 1.54) is 20.4 Å². The minimum absolute atomic E-state index is 0.268. The molecule has 0 fully saturated rings. The predicted octanol–water partition coefficient (Wildman–Crippen LogP) is 2.87. The van der Waals surface area contributed by atoms with Gasteiger partial charge in [0.15, 0.2) is 11.5 Å². The van der Waals surface area contributed by atoms with E-state index in [2.05, 4.69) is 25.9 Å². The van der Waals surface area contributed by atoms with Crippen molar-refractivity contribution in [2.75, 3.05) is 14.2 Å². The second kappa shape index (κ2) is 5.63. The van der Waals surface area contributed by atoms with Gasteiger partial charge in [-0.25, -0.2) is 4.98 Å². The maximum Gasteiger partial charge on any atom is 0.265 e. The summed E-state index contributed by atoms with van der Waals surface area (Å²) in [6.45, 7) is 0. The highest BCUT2D eigenvalue weighted by molar-refractivity contribution is 9.10. The third-order valence-electron chi connectivity index (χ3n) is 2.46. The molecule has 0 bridgehead atoms. The van der Waals surface area contributed by atoms with Gasteiger partial charge in [0.05, 0.1) is 19.2 Å². The highest BCUT2D eigenvalue weighted by atomic mass is 79.9. The van der Waals surface area contributed by atoms with Crippen LogP contribution in [0.15, 0.2) is 27.6 Å². The van der Waals surface area contributed by atoms with Gasteiger partial charge in [0, 0.05) is 11.8 Å². The Hall–Kier alpha value is -1.53. The van der Waals surface area contributed by atoms with Gasteiger partial charge in [-0.05, 0) is 28.1 Å². The fourth-order valence-electron chi connectivity index (χ4n) is 1.58. The molecule has 0 aliphatic rings. The maximum atomic E-state index is 11.5. The summed E-state index contributed by atoms with van der Waals surface area (Å²) in [5.41, 5.74) is 0.364. The second-order valence-corrected chi connectivity index (χ2v) is 4.86. The van der Waals surface area contributed by atoms with Crippen molar-refractivity contribution in [3.63, 3.8) is 0 Å². The van der Waals surface area contributed by atoms with E-state index in [9.17, 15) is 4.79 Å². The molecule has 0 radical (unpaired) electrons. The van der Waals surface area contributed by atoms with Crippen LogP contribution in [0.3, 0.4) is 0 Å². The quantitative estimate of drug-likeness (QED) is 0.929. The molecule has 1 N–H and O–H groups in total. The highest BCUT2D eigenvalue weighted by Crippen LogP contribution is 2.38. The van der Waals surface area contributed by atoms with Gasteiger partial charge in [-0.15, -0.1) is 0 Å². The lowest BCUT2D eigenvalue weighted by atomic mass is 10.2. The summed E-state index contributed by atoms with van der Waals surface area (Å²) >= 11 is 9.19. The van der Waals surface area contributed by atoms with Crippen molar-refractivity contribution in [3.8, 4) is 22.9 Å². The van der Waals surface area contributed by atoms with Gasteiger partial charge < -0.3 is 14.5 Å². The van der Waals surface area contributed by atoms with Crippen LogP contribution < -0.4 is 15.0 Å². The van der Waals surface area contributed by atoms with E-state index < -0.39 is 0 Å². The number of nitrogens with one attached hydrogen (secondary N) is 1. The normalized spacial score (nSPS) is 10.3. The van der Waals surface area contributed by atoms with Crippen molar-refractivity contribution in [1.82, 2.24) is 9.97 Å². The van der Waals surface area contributed by atoms with Gasteiger partial charge >= 0.3 is 0 Å². The minimum Gasteiger partial charge on any atom is -0.493 e. The molecule has 5 nitrogen and oxygen atoms in total. The van der Waals surface area contributed by atoms with Crippen LogP contribution in [0.25, 0.3) is 11.4 Å². The van der Waals surface area contributed by atoms with E-state index in [0.717, 1.165) is 0 Å². The van der Waals surface area contributed by atoms with Gasteiger partial charge in [0.1, 0.15) is 10.3 Å². The van der Waals surface area contributed by atoms with Crippen molar-refractivity contribution in [3.05, 3.63) is 38.2 Å². The summed E-state index contributed by atoms with van der Waals surface area (Å²) in [6.07, 6.45) is 1.43. The molecule has 19 heavy (non-hydrogen) atoms. The first-order valence-electron chi connectivity index (χ1n) is 5.23. The first kappa shape index (κ1) is 13.9. The van der Waals surface area contributed by atoms with Crippen LogP contribution in [0.5, 0.6) is 11.5 Å². The SMILES string of the molecule is COc1cc(-c2ncc(Br)c(=O)[nH]2)cc(Cl)c1OC. The number of methoxy groups -OCH3 is 2. The lowest BCUT2D eigenvalue weighted by Gasteiger charge is -2.11. The van der Waals surface area contributed by atoms with E-state index in [1.807, 2.05) is 0 Å². The average Bonchev–Trinajstić information content (AvgIpc) is 2.40. The van der Waals surface area contributed by atoms with Gasteiger partial charge in [-0.3, -0.25) is 4.79 Å². The molecule has 0 saturated heterocycles. The van der Waals surface area contributed by atoms with Crippen molar-refractivity contribution in [2.45, 2.75) is 0 Å². The molecule has 0 atom stereocenters. The van der Waals surface area contributed by atoms with Gasteiger partial charge in [0.25, 0.3) is 5.56 Å². The first-order valence-corrected chi connectivity index (χ1v) is 6.40. The van der Waals surface area contributed by atoms with Crippen LogP contribution in [0.2, 0.25) is 5.02 Å². The number of hydrogen-bond donors (Lipinski definition) is 1. The third kappa shape index (κ3) is 2.74. The molecular weight excluding hydrogens is 336 g/mol. The predicted molar refractivity (Wildman–Crippen MR) is 76.1 cm³/mol. The monoisotopic (exact) mass is 344 g/mol. The molecule has 2 rings (SSSR count). The molecule has 1 heterocycles. The number of nitrogens with zero attached hydrogens (tertiary/aromatic N) is 1. The van der Waals surface area contributed by atoms with Gasteiger partial charge in [-0.1, -0.05) is 11.6 Å². The average molecular weight is 346 g/mol. The number of aromatic nitrogens is 2. The number of H-pyrrole nitrogens is 1. The summed E-state index contributed by atoms with van der Waals surface area (Å²) in [5.74, 6) is 1.30. The van der Waals surface area contributed by atoms with Gasteiger partial charge in [-0.2, -0.15) is 0 Å². The van der Waals surface area contributed by atoms with Crippen LogP contribution in [0.4, 0.5) is 0 Å². The number of hydrogen-bond acceptors (Lipinski definition) is 4. The number of benzene rings is 1. The zero-order valence-corrected chi connectivity index (χ0v) is 12.5. The summed E-state index contributed by atoms with van der Waals surface area (Å²) in [5, 5.41) is 0.377. The Morgan fingerprint density at radius 1 is 1.32 bits per heavy atom. The molecule has 0 unspecified atom stereocenters. The largest absolute Gasteiger partial charge is 0.493 e.